The normalized spacial score (nSPS) is 16.0. The smallest absolute Gasteiger partial charge is 0.241 e. The third-order valence-electron chi connectivity index (χ3n) is 3.42. The number of ether oxygens (including phenoxy) is 1. The Morgan fingerprint density at radius 1 is 1.24 bits per heavy atom. The summed E-state index contributed by atoms with van der Waals surface area (Å²) in [5, 5.41) is 0. The maximum Gasteiger partial charge on any atom is 0.241 e. The van der Waals surface area contributed by atoms with E-state index in [2.05, 4.69) is 4.72 Å². The van der Waals surface area contributed by atoms with Gasteiger partial charge in [0, 0.05) is 13.1 Å². The number of nitrogens with one attached hydrogen (secondary N) is 1. The SMILES string of the molecule is CCc1ccc(S(=O)(=O)NCC(=O)N2CCOCC2)cc1. The van der Waals surface area contributed by atoms with Crippen LogP contribution in [0.2, 0.25) is 0 Å². The predicted molar refractivity (Wildman–Crippen MR) is 78.4 cm³/mol. The Balaban J connectivity index is 1.95. The topological polar surface area (TPSA) is 75.7 Å². The molecule has 1 fully saturated rings. The molecule has 1 aromatic carbocycles. The largest absolute Gasteiger partial charge is 0.378 e. The molecule has 0 bridgehead atoms. The van der Waals surface area contributed by atoms with Crippen LogP contribution >= 0.6 is 0 Å². The molecular weight excluding hydrogens is 292 g/mol. The van der Waals surface area contributed by atoms with E-state index in [1.165, 1.54) is 0 Å². The van der Waals surface area contributed by atoms with E-state index in [9.17, 15) is 13.2 Å². The van der Waals surface area contributed by atoms with Crippen LogP contribution in [0, 0.1) is 0 Å². The fraction of sp³-hybridized carbons (Fsp3) is 0.500. The van der Waals surface area contributed by atoms with Crippen molar-refractivity contribution in [2.75, 3.05) is 32.8 Å². The zero-order valence-corrected chi connectivity index (χ0v) is 12.9. The number of morpholine rings is 1. The fourth-order valence-corrected chi connectivity index (χ4v) is 3.04. The first-order chi connectivity index (χ1) is 10.0. The van der Waals surface area contributed by atoms with Crippen LogP contribution in [0.25, 0.3) is 0 Å². The highest BCUT2D eigenvalue weighted by atomic mass is 32.2. The minimum atomic E-state index is -3.65. The summed E-state index contributed by atoms with van der Waals surface area (Å²) in [7, 11) is -3.65. The van der Waals surface area contributed by atoms with Gasteiger partial charge in [0.05, 0.1) is 24.7 Å². The van der Waals surface area contributed by atoms with E-state index in [0.29, 0.717) is 26.3 Å². The van der Waals surface area contributed by atoms with Gasteiger partial charge in [-0.2, -0.15) is 0 Å². The average molecular weight is 312 g/mol. The Morgan fingerprint density at radius 3 is 2.43 bits per heavy atom. The molecule has 0 unspecified atom stereocenters. The number of sulfonamides is 1. The highest BCUT2D eigenvalue weighted by Gasteiger charge is 2.20. The zero-order chi connectivity index (χ0) is 15.3. The molecule has 1 aliphatic rings. The third-order valence-corrected chi connectivity index (χ3v) is 4.84. The van der Waals surface area contributed by atoms with E-state index in [1.807, 2.05) is 6.92 Å². The summed E-state index contributed by atoms with van der Waals surface area (Å²) in [5.74, 6) is -0.230. The van der Waals surface area contributed by atoms with Crippen LogP contribution in [0.3, 0.4) is 0 Å². The first kappa shape index (κ1) is 15.9. The van der Waals surface area contributed by atoms with E-state index in [0.717, 1.165) is 12.0 Å². The Kier molecular flexibility index (Phi) is 5.33. The second-order valence-corrected chi connectivity index (χ2v) is 6.58. The van der Waals surface area contributed by atoms with Crippen LogP contribution in [0.5, 0.6) is 0 Å². The van der Waals surface area contributed by atoms with Gasteiger partial charge in [0.15, 0.2) is 0 Å². The maximum absolute atomic E-state index is 12.1. The van der Waals surface area contributed by atoms with Crippen molar-refractivity contribution in [3.05, 3.63) is 29.8 Å². The fourth-order valence-electron chi connectivity index (χ4n) is 2.07. The van der Waals surface area contributed by atoms with Gasteiger partial charge >= 0.3 is 0 Å². The Bertz CT molecular complexity index is 577. The lowest BCUT2D eigenvalue weighted by atomic mass is 10.2. The highest BCUT2D eigenvalue weighted by Crippen LogP contribution is 2.10. The van der Waals surface area contributed by atoms with Gasteiger partial charge in [-0.15, -0.1) is 0 Å². The van der Waals surface area contributed by atoms with E-state index in [4.69, 9.17) is 4.74 Å². The standard InChI is InChI=1S/C14H20N2O4S/c1-2-12-3-5-13(6-4-12)21(18,19)15-11-14(17)16-7-9-20-10-8-16/h3-6,15H,2,7-11H2,1H3. The minimum absolute atomic E-state index is 0.175. The number of aryl methyl sites for hydroxylation is 1. The molecule has 1 saturated heterocycles. The van der Waals surface area contributed by atoms with Gasteiger partial charge < -0.3 is 9.64 Å². The molecule has 0 aliphatic carbocycles. The molecular formula is C14H20N2O4S. The van der Waals surface area contributed by atoms with E-state index in [-0.39, 0.29) is 17.3 Å². The molecule has 1 N–H and O–H groups in total. The summed E-state index contributed by atoms with van der Waals surface area (Å²) in [5.41, 5.74) is 1.07. The van der Waals surface area contributed by atoms with Gasteiger partial charge in [-0.25, -0.2) is 13.1 Å². The Labute approximate surface area is 125 Å². The molecule has 0 saturated carbocycles. The third kappa shape index (κ3) is 4.26. The number of nitrogens with zero attached hydrogens (tertiary/aromatic N) is 1. The summed E-state index contributed by atoms with van der Waals surface area (Å²) in [4.78, 5) is 13.7. The summed E-state index contributed by atoms with van der Waals surface area (Å²) in [6.45, 7) is 3.78. The molecule has 0 radical (unpaired) electrons. The van der Waals surface area contributed by atoms with Crippen molar-refractivity contribution in [2.24, 2.45) is 0 Å². The van der Waals surface area contributed by atoms with Crippen LogP contribution in [-0.4, -0.2) is 52.1 Å². The monoisotopic (exact) mass is 312 g/mol. The van der Waals surface area contributed by atoms with E-state index < -0.39 is 10.0 Å². The number of carbonyl (C=O) groups excluding carboxylic acids is 1. The lowest BCUT2D eigenvalue weighted by Gasteiger charge is -2.26. The van der Waals surface area contributed by atoms with E-state index >= 15 is 0 Å². The maximum atomic E-state index is 12.1. The molecule has 116 valence electrons. The second-order valence-electron chi connectivity index (χ2n) is 4.82. The molecule has 1 amide bonds. The van der Waals surface area contributed by atoms with Crippen LogP contribution in [0.15, 0.2) is 29.2 Å². The molecule has 2 rings (SSSR count). The number of hydrogen-bond donors (Lipinski definition) is 1. The highest BCUT2D eigenvalue weighted by molar-refractivity contribution is 7.89. The van der Waals surface area contributed by atoms with Gasteiger partial charge in [0.1, 0.15) is 0 Å². The van der Waals surface area contributed by atoms with Crippen LogP contribution in [0.4, 0.5) is 0 Å². The number of hydrogen-bond acceptors (Lipinski definition) is 4. The first-order valence-electron chi connectivity index (χ1n) is 6.97. The molecule has 0 atom stereocenters. The summed E-state index contributed by atoms with van der Waals surface area (Å²) >= 11 is 0. The number of rotatable bonds is 5. The van der Waals surface area contributed by atoms with Crippen LogP contribution in [-0.2, 0) is 26.0 Å². The van der Waals surface area contributed by atoms with Gasteiger partial charge in [0.25, 0.3) is 0 Å². The second kappa shape index (κ2) is 7.02. The Morgan fingerprint density at radius 2 is 1.86 bits per heavy atom. The first-order valence-corrected chi connectivity index (χ1v) is 8.45. The Hall–Kier alpha value is -1.44. The number of amides is 1. The molecule has 21 heavy (non-hydrogen) atoms. The quantitative estimate of drug-likeness (QED) is 0.853. The van der Waals surface area contributed by atoms with Crippen LogP contribution in [0.1, 0.15) is 12.5 Å². The molecule has 1 aliphatic heterocycles. The predicted octanol–water partition coefficient (Wildman–Crippen LogP) is 0.386. The number of carbonyl (C=O) groups is 1. The molecule has 6 nitrogen and oxygen atoms in total. The van der Waals surface area contributed by atoms with Crippen molar-refractivity contribution in [1.29, 1.82) is 0 Å². The van der Waals surface area contributed by atoms with Gasteiger partial charge in [0.2, 0.25) is 15.9 Å². The lowest BCUT2D eigenvalue weighted by molar-refractivity contribution is -0.133. The molecule has 1 aromatic rings. The van der Waals surface area contributed by atoms with Crippen molar-refractivity contribution in [3.8, 4) is 0 Å². The van der Waals surface area contributed by atoms with Gasteiger partial charge in [-0.1, -0.05) is 19.1 Å². The zero-order valence-electron chi connectivity index (χ0n) is 12.0. The molecule has 7 heteroatoms. The van der Waals surface area contributed by atoms with Crippen molar-refractivity contribution >= 4 is 15.9 Å². The van der Waals surface area contributed by atoms with Gasteiger partial charge in [-0.05, 0) is 24.1 Å². The van der Waals surface area contributed by atoms with Crippen molar-refractivity contribution in [3.63, 3.8) is 0 Å². The minimum Gasteiger partial charge on any atom is -0.378 e. The molecule has 1 heterocycles. The average Bonchev–Trinajstić information content (AvgIpc) is 2.53. The van der Waals surface area contributed by atoms with Gasteiger partial charge in [-0.3, -0.25) is 4.79 Å². The van der Waals surface area contributed by atoms with Crippen molar-refractivity contribution < 1.29 is 17.9 Å². The number of benzene rings is 1. The molecule has 0 aromatic heterocycles. The van der Waals surface area contributed by atoms with Crippen LogP contribution < -0.4 is 4.72 Å². The van der Waals surface area contributed by atoms with E-state index in [1.54, 1.807) is 29.2 Å². The van der Waals surface area contributed by atoms with Crippen molar-refractivity contribution in [2.45, 2.75) is 18.2 Å². The van der Waals surface area contributed by atoms with Crippen molar-refractivity contribution in [1.82, 2.24) is 9.62 Å². The molecule has 0 spiro atoms. The summed E-state index contributed by atoms with van der Waals surface area (Å²) in [6.07, 6.45) is 0.850. The summed E-state index contributed by atoms with van der Waals surface area (Å²) < 4.78 is 31.7. The lowest BCUT2D eigenvalue weighted by Crippen LogP contribution is -2.45. The summed E-state index contributed by atoms with van der Waals surface area (Å²) in [6, 6.07) is 6.66.